The molecule has 0 saturated carbocycles. The van der Waals surface area contributed by atoms with Crippen LogP contribution in [0, 0.1) is 0 Å². The molecule has 0 aliphatic carbocycles. The van der Waals surface area contributed by atoms with Crippen LogP contribution in [0.5, 0.6) is 0 Å². The number of pyridine rings is 1. The fourth-order valence-corrected chi connectivity index (χ4v) is 1.59. The van der Waals surface area contributed by atoms with Crippen molar-refractivity contribution in [3.05, 3.63) is 18.5 Å². The molecule has 1 aliphatic heterocycles. The number of aromatic nitrogens is 1. The van der Waals surface area contributed by atoms with Crippen molar-refractivity contribution in [1.82, 2.24) is 4.98 Å². The topological polar surface area (TPSA) is 60.2 Å². The summed E-state index contributed by atoms with van der Waals surface area (Å²) in [7, 11) is 0. The van der Waals surface area contributed by atoms with E-state index in [1.165, 1.54) is 0 Å². The molecule has 0 aromatic carbocycles. The summed E-state index contributed by atoms with van der Waals surface area (Å²) in [6.45, 7) is 1.66. The molecule has 3 N–H and O–H groups in total. The van der Waals surface area contributed by atoms with Gasteiger partial charge < -0.3 is 15.8 Å². The molecular weight excluding hydrogens is 178 g/mol. The average Bonchev–Trinajstić information content (AvgIpc) is 2.23. The first-order chi connectivity index (χ1) is 6.86. The van der Waals surface area contributed by atoms with Crippen LogP contribution in [-0.2, 0) is 4.74 Å². The Morgan fingerprint density at radius 2 is 2.21 bits per heavy atom. The number of hydrogen-bond acceptors (Lipinski definition) is 4. The van der Waals surface area contributed by atoms with Crippen LogP contribution in [0.3, 0.4) is 0 Å². The van der Waals surface area contributed by atoms with Gasteiger partial charge in [0.15, 0.2) is 0 Å². The van der Waals surface area contributed by atoms with Gasteiger partial charge in [-0.2, -0.15) is 0 Å². The minimum Gasteiger partial charge on any atom is -0.397 e. The summed E-state index contributed by atoms with van der Waals surface area (Å²) >= 11 is 0. The molecule has 4 heteroatoms. The Kier molecular flexibility index (Phi) is 2.84. The van der Waals surface area contributed by atoms with Crippen molar-refractivity contribution in [3.8, 4) is 0 Å². The van der Waals surface area contributed by atoms with E-state index in [9.17, 15) is 0 Å². The van der Waals surface area contributed by atoms with Gasteiger partial charge in [0.25, 0.3) is 0 Å². The van der Waals surface area contributed by atoms with Crippen LogP contribution in [0.2, 0.25) is 0 Å². The molecule has 0 bridgehead atoms. The van der Waals surface area contributed by atoms with Crippen LogP contribution in [0.4, 0.5) is 11.4 Å². The predicted octanol–water partition coefficient (Wildman–Crippen LogP) is 1.25. The van der Waals surface area contributed by atoms with E-state index >= 15 is 0 Å². The number of ether oxygens (including phenoxy) is 1. The molecule has 1 aromatic heterocycles. The molecule has 0 unspecified atom stereocenters. The summed E-state index contributed by atoms with van der Waals surface area (Å²) in [6, 6.07) is 2.28. The highest BCUT2D eigenvalue weighted by Gasteiger charge is 2.13. The number of anilines is 2. The lowest BCUT2D eigenvalue weighted by Crippen LogP contribution is -2.28. The largest absolute Gasteiger partial charge is 0.397 e. The molecule has 1 aliphatic rings. The zero-order chi connectivity index (χ0) is 9.80. The normalized spacial score (nSPS) is 18.0. The van der Waals surface area contributed by atoms with Crippen LogP contribution < -0.4 is 11.1 Å². The smallest absolute Gasteiger partial charge is 0.0762 e. The first-order valence-electron chi connectivity index (χ1n) is 4.90. The molecular formula is C10H15N3O. The van der Waals surface area contributed by atoms with Gasteiger partial charge in [0.2, 0.25) is 0 Å². The van der Waals surface area contributed by atoms with Crippen LogP contribution in [0.25, 0.3) is 0 Å². The van der Waals surface area contributed by atoms with Gasteiger partial charge in [0, 0.05) is 25.5 Å². The van der Waals surface area contributed by atoms with E-state index in [2.05, 4.69) is 10.3 Å². The van der Waals surface area contributed by atoms with Crippen molar-refractivity contribution in [3.63, 3.8) is 0 Å². The molecule has 0 spiro atoms. The minimum absolute atomic E-state index is 0.468. The average molecular weight is 193 g/mol. The monoisotopic (exact) mass is 193 g/mol. The number of nitrogens with zero attached hydrogens (tertiary/aromatic N) is 1. The van der Waals surface area contributed by atoms with Crippen molar-refractivity contribution in [2.45, 2.75) is 18.9 Å². The maximum absolute atomic E-state index is 5.80. The fourth-order valence-electron chi connectivity index (χ4n) is 1.59. The van der Waals surface area contributed by atoms with Crippen molar-refractivity contribution in [2.75, 3.05) is 24.3 Å². The Balaban J connectivity index is 1.99. The molecule has 14 heavy (non-hydrogen) atoms. The second-order valence-corrected chi connectivity index (χ2v) is 3.49. The first kappa shape index (κ1) is 9.27. The summed E-state index contributed by atoms with van der Waals surface area (Å²) < 4.78 is 5.28. The lowest BCUT2D eigenvalue weighted by atomic mass is 10.1. The SMILES string of the molecule is Nc1ccncc1NC1CCOCC1. The van der Waals surface area contributed by atoms with Gasteiger partial charge >= 0.3 is 0 Å². The van der Waals surface area contributed by atoms with E-state index in [1.807, 2.05) is 6.07 Å². The first-order valence-corrected chi connectivity index (χ1v) is 4.90. The number of nitrogens with one attached hydrogen (secondary N) is 1. The van der Waals surface area contributed by atoms with Gasteiger partial charge in [0.1, 0.15) is 0 Å². The lowest BCUT2D eigenvalue weighted by molar-refractivity contribution is 0.0904. The van der Waals surface area contributed by atoms with E-state index < -0.39 is 0 Å². The molecule has 2 rings (SSSR count). The fraction of sp³-hybridized carbons (Fsp3) is 0.500. The number of nitrogens with two attached hydrogens (primary N) is 1. The van der Waals surface area contributed by atoms with Crippen molar-refractivity contribution >= 4 is 11.4 Å². The van der Waals surface area contributed by atoms with Gasteiger partial charge in [-0.1, -0.05) is 0 Å². The highest BCUT2D eigenvalue weighted by atomic mass is 16.5. The Bertz CT molecular complexity index is 297. The van der Waals surface area contributed by atoms with Gasteiger partial charge in [-0.3, -0.25) is 4.98 Å². The number of rotatable bonds is 2. The van der Waals surface area contributed by atoms with E-state index in [0.717, 1.165) is 37.4 Å². The highest BCUT2D eigenvalue weighted by molar-refractivity contribution is 5.64. The molecule has 1 aromatic rings. The minimum atomic E-state index is 0.468. The Hall–Kier alpha value is -1.29. The van der Waals surface area contributed by atoms with E-state index in [4.69, 9.17) is 10.5 Å². The van der Waals surface area contributed by atoms with Crippen molar-refractivity contribution in [2.24, 2.45) is 0 Å². The summed E-state index contributed by atoms with van der Waals surface area (Å²) in [5, 5.41) is 3.38. The summed E-state index contributed by atoms with van der Waals surface area (Å²) in [5.41, 5.74) is 7.49. The quantitative estimate of drug-likeness (QED) is 0.742. The van der Waals surface area contributed by atoms with Gasteiger partial charge in [-0.15, -0.1) is 0 Å². The number of hydrogen-bond donors (Lipinski definition) is 2. The maximum Gasteiger partial charge on any atom is 0.0762 e. The van der Waals surface area contributed by atoms with Crippen molar-refractivity contribution in [1.29, 1.82) is 0 Å². The zero-order valence-electron chi connectivity index (χ0n) is 8.07. The van der Waals surface area contributed by atoms with Crippen molar-refractivity contribution < 1.29 is 4.74 Å². The van der Waals surface area contributed by atoms with Gasteiger partial charge in [0.05, 0.1) is 17.6 Å². The molecule has 0 amide bonds. The molecule has 0 atom stereocenters. The Labute approximate surface area is 83.5 Å². The van der Waals surface area contributed by atoms with Crippen LogP contribution in [0.15, 0.2) is 18.5 Å². The molecule has 1 fully saturated rings. The van der Waals surface area contributed by atoms with Gasteiger partial charge in [-0.05, 0) is 18.9 Å². The van der Waals surface area contributed by atoms with Crippen LogP contribution in [0.1, 0.15) is 12.8 Å². The second kappa shape index (κ2) is 4.28. The Morgan fingerprint density at radius 3 is 2.93 bits per heavy atom. The maximum atomic E-state index is 5.80. The third-order valence-electron chi connectivity index (χ3n) is 2.44. The molecule has 0 radical (unpaired) electrons. The summed E-state index contributed by atoms with van der Waals surface area (Å²) in [4.78, 5) is 4.04. The molecule has 76 valence electrons. The van der Waals surface area contributed by atoms with Crippen LogP contribution >= 0.6 is 0 Å². The number of nitrogen functional groups attached to an aromatic ring is 1. The lowest BCUT2D eigenvalue weighted by Gasteiger charge is -2.24. The standard InChI is InChI=1S/C10H15N3O/c11-9-1-4-12-7-10(9)13-8-2-5-14-6-3-8/h1,4,7-8,13H,2-3,5-6H2,(H2,11,12). The third-order valence-corrected chi connectivity index (χ3v) is 2.44. The summed E-state index contributed by atoms with van der Waals surface area (Å²) in [6.07, 6.45) is 5.54. The Morgan fingerprint density at radius 1 is 1.43 bits per heavy atom. The molecule has 2 heterocycles. The molecule has 1 saturated heterocycles. The zero-order valence-corrected chi connectivity index (χ0v) is 8.07. The van der Waals surface area contributed by atoms with E-state index in [0.29, 0.717) is 6.04 Å². The second-order valence-electron chi connectivity index (χ2n) is 3.49. The van der Waals surface area contributed by atoms with E-state index in [-0.39, 0.29) is 0 Å². The third kappa shape index (κ3) is 2.14. The summed E-state index contributed by atoms with van der Waals surface area (Å²) in [5.74, 6) is 0. The molecule has 4 nitrogen and oxygen atoms in total. The highest BCUT2D eigenvalue weighted by Crippen LogP contribution is 2.19. The van der Waals surface area contributed by atoms with E-state index in [1.54, 1.807) is 12.4 Å². The van der Waals surface area contributed by atoms with Crippen LogP contribution in [-0.4, -0.2) is 24.2 Å². The van der Waals surface area contributed by atoms with Gasteiger partial charge in [-0.25, -0.2) is 0 Å². The predicted molar refractivity (Wildman–Crippen MR) is 56.1 cm³/mol.